The summed E-state index contributed by atoms with van der Waals surface area (Å²) in [6.45, 7) is 0.0842. The molecule has 0 bridgehead atoms. The van der Waals surface area contributed by atoms with E-state index in [0.717, 1.165) is 6.21 Å². The average molecular weight is 317 g/mol. The first-order valence-electron chi connectivity index (χ1n) is 6.50. The molecule has 8 heteroatoms. The highest BCUT2D eigenvalue weighted by Gasteiger charge is 2.07. The number of rotatable bonds is 6. The number of nitro groups is 1. The van der Waals surface area contributed by atoms with E-state index < -0.39 is 10.8 Å². The molecule has 0 unspecified atom stereocenters. The Bertz CT molecular complexity index is 732. The molecule has 1 amide bonds. The Morgan fingerprint density at radius 1 is 1.30 bits per heavy atom. The number of hydrogen-bond acceptors (Lipinski definition) is 5. The van der Waals surface area contributed by atoms with Crippen LogP contribution in [0.15, 0.2) is 53.7 Å². The van der Waals surface area contributed by atoms with Crippen LogP contribution in [0.25, 0.3) is 0 Å². The molecule has 2 rings (SSSR count). The Morgan fingerprint density at radius 2 is 2.04 bits per heavy atom. The van der Waals surface area contributed by atoms with Gasteiger partial charge in [0.05, 0.1) is 4.92 Å². The second-order valence-electron chi connectivity index (χ2n) is 4.43. The Morgan fingerprint density at radius 3 is 2.74 bits per heavy atom. The van der Waals surface area contributed by atoms with Gasteiger partial charge in [0.15, 0.2) is 0 Å². The SMILES string of the molecule is O=C(/C=N\OCc1ccc(F)cc1)Nc1cccc([N+](=O)[O-])c1. The summed E-state index contributed by atoms with van der Waals surface area (Å²) < 4.78 is 12.7. The van der Waals surface area contributed by atoms with Gasteiger partial charge in [-0.1, -0.05) is 23.4 Å². The molecule has 0 spiro atoms. The molecule has 0 atom stereocenters. The maximum atomic E-state index is 12.7. The fourth-order valence-electron chi connectivity index (χ4n) is 1.65. The highest BCUT2D eigenvalue weighted by Crippen LogP contribution is 2.16. The Hall–Kier alpha value is -3.29. The van der Waals surface area contributed by atoms with Crippen molar-refractivity contribution in [3.63, 3.8) is 0 Å². The van der Waals surface area contributed by atoms with Crippen molar-refractivity contribution in [2.24, 2.45) is 5.16 Å². The molecular weight excluding hydrogens is 305 g/mol. The molecule has 0 heterocycles. The van der Waals surface area contributed by atoms with Gasteiger partial charge >= 0.3 is 0 Å². The van der Waals surface area contributed by atoms with E-state index in [-0.39, 0.29) is 23.8 Å². The molecule has 2 aromatic carbocycles. The summed E-state index contributed by atoms with van der Waals surface area (Å²) in [4.78, 5) is 26.6. The van der Waals surface area contributed by atoms with Gasteiger partial charge in [0.1, 0.15) is 18.6 Å². The van der Waals surface area contributed by atoms with Gasteiger partial charge < -0.3 is 10.2 Å². The van der Waals surface area contributed by atoms with E-state index in [2.05, 4.69) is 10.5 Å². The maximum Gasteiger partial charge on any atom is 0.271 e. The lowest BCUT2D eigenvalue weighted by Crippen LogP contribution is -2.12. The van der Waals surface area contributed by atoms with Gasteiger partial charge in [-0.3, -0.25) is 14.9 Å². The van der Waals surface area contributed by atoms with E-state index in [1.807, 2.05) is 0 Å². The monoisotopic (exact) mass is 317 g/mol. The van der Waals surface area contributed by atoms with Gasteiger partial charge in [-0.2, -0.15) is 0 Å². The number of halogens is 1. The van der Waals surface area contributed by atoms with E-state index in [1.165, 1.54) is 48.5 Å². The molecule has 0 aromatic heterocycles. The van der Waals surface area contributed by atoms with Crippen LogP contribution in [0.1, 0.15) is 5.56 Å². The molecule has 0 aliphatic carbocycles. The number of oxime groups is 1. The smallest absolute Gasteiger partial charge is 0.271 e. The summed E-state index contributed by atoms with van der Waals surface area (Å²) in [5, 5.41) is 16.5. The van der Waals surface area contributed by atoms with Crippen LogP contribution in [0, 0.1) is 15.9 Å². The van der Waals surface area contributed by atoms with Gasteiger partial charge in [0.2, 0.25) is 0 Å². The zero-order valence-electron chi connectivity index (χ0n) is 11.8. The molecule has 2 aromatic rings. The second-order valence-corrected chi connectivity index (χ2v) is 4.43. The first-order chi connectivity index (χ1) is 11.0. The summed E-state index contributed by atoms with van der Waals surface area (Å²) in [7, 11) is 0. The van der Waals surface area contributed by atoms with Crippen LogP contribution in [0.2, 0.25) is 0 Å². The zero-order chi connectivity index (χ0) is 16.7. The van der Waals surface area contributed by atoms with Gasteiger partial charge in [0.25, 0.3) is 11.6 Å². The van der Waals surface area contributed by atoms with Crippen molar-refractivity contribution in [3.8, 4) is 0 Å². The van der Waals surface area contributed by atoms with Crippen molar-refractivity contribution in [1.82, 2.24) is 0 Å². The number of carbonyl (C=O) groups excluding carboxylic acids is 1. The minimum atomic E-state index is -0.593. The van der Waals surface area contributed by atoms with Crippen LogP contribution in [-0.4, -0.2) is 17.0 Å². The van der Waals surface area contributed by atoms with Crippen molar-refractivity contribution in [3.05, 3.63) is 70.0 Å². The van der Waals surface area contributed by atoms with Gasteiger partial charge in [-0.05, 0) is 23.8 Å². The number of anilines is 1. The van der Waals surface area contributed by atoms with E-state index >= 15 is 0 Å². The molecule has 23 heavy (non-hydrogen) atoms. The lowest BCUT2D eigenvalue weighted by Gasteiger charge is -2.02. The third-order valence-corrected chi connectivity index (χ3v) is 2.71. The summed E-state index contributed by atoms with van der Waals surface area (Å²) in [6.07, 6.45) is 0.905. The normalized spacial score (nSPS) is 10.5. The van der Waals surface area contributed by atoms with Crippen molar-refractivity contribution in [2.75, 3.05) is 5.32 Å². The number of carbonyl (C=O) groups is 1. The summed E-state index contributed by atoms with van der Waals surface area (Å²) in [6, 6.07) is 11.2. The lowest BCUT2D eigenvalue weighted by atomic mass is 10.2. The number of nitro benzene ring substituents is 1. The molecule has 0 saturated carbocycles. The number of hydrogen-bond donors (Lipinski definition) is 1. The second kappa shape index (κ2) is 7.64. The molecule has 7 nitrogen and oxygen atoms in total. The minimum Gasteiger partial charge on any atom is -0.391 e. The predicted molar refractivity (Wildman–Crippen MR) is 81.4 cm³/mol. The summed E-state index contributed by atoms with van der Waals surface area (Å²) in [5.41, 5.74) is 0.837. The number of benzene rings is 2. The average Bonchev–Trinajstić information content (AvgIpc) is 2.53. The Balaban J connectivity index is 1.83. The molecule has 0 radical (unpaired) electrons. The number of nitrogens with one attached hydrogen (secondary N) is 1. The summed E-state index contributed by atoms with van der Waals surface area (Å²) in [5.74, 6) is -0.946. The van der Waals surface area contributed by atoms with Crippen molar-refractivity contribution < 1.29 is 18.9 Å². The molecule has 0 saturated heterocycles. The molecule has 0 aliphatic heterocycles. The van der Waals surface area contributed by atoms with Crippen LogP contribution in [-0.2, 0) is 16.2 Å². The van der Waals surface area contributed by atoms with Crippen molar-refractivity contribution >= 4 is 23.5 Å². The fourth-order valence-corrected chi connectivity index (χ4v) is 1.65. The maximum absolute atomic E-state index is 12.7. The van der Waals surface area contributed by atoms with Crippen LogP contribution in [0.5, 0.6) is 0 Å². The quantitative estimate of drug-likeness (QED) is 0.503. The Labute approximate surface area is 130 Å². The van der Waals surface area contributed by atoms with Crippen LogP contribution < -0.4 is 5.32 Å². The first-order valence-corrected chi connectivity index (χ1v) is 6.50. The molecule has 0 aliphatic rings. The minimum absolute atomic E-state index is 0.0842. The van der Waals surface area contributed by atoms with Crippen LogP contribution in [0.4, 0.5) is 15.8 Å². The summed E-state index contributed by atoms with van der Waals surface area (Å²) >= 11 is 0. The third-order valence-electron chi connectivity index (χ3n) is 2.71. The molecule has 118 valence electrons. The van der Waals surface area contributed by atoms with Crippen LogP contribution >= 0.6 is 0 Å². The van der Waals surface area contributed by atoms with E-state index in [1.54, 1.807) is 0 Å². The van der Waals surface area contributed by atoms with E-state index in [4.69, 9.17) is 4.84 Å². The van der Waals surface area contributed by atoms with Gasteiger partial charge in [-0.25, -0.2) is 4.39 Å². The van der Waals surface area contributed by atoms with E-state index in [0.29, 0.717) is 5.56 Å². The third kappa shape index (κ3) is 5.20. The highest BCUT2D eigenvalue weighted by molar-refractivity contribution is 6.31. The highest BCUT2D eigenvalue weighted by atomic mass is 19.1. The van der Waals surface area contributed by atoms with Gasteiger partial charge in [-0.15, -0.1) is 0 Å². The van der Waals surface area contributed by atoms with E-state index in [9.17, 15) is 19.3 Å². The fraction of sp³-hybridized carbons (Fsp3) is 0.0667. The zero-order valence-corrected chi connectivity index (χ0v) is 11.8. The Kier molecular flexibility index (Phi) is 5.35. The molecule has 0 fully saturated rings. The number of non-ortho nitro benzene ring substituents is 1. The molecule has 1 N–H and O–H groups in total. The largest absolute Gasteiger partial charge is 0.391 e. The predicted octanol–water partition coefficient (Wildman–Crippen LogP) is 2.88. The topological polar surface area (TPSA) is 93.8 Å². The van der Waals surface area contributed by atoms with Crippen LogP contribution in [0.3, 0.4) is 0 Å². The lowest BCUT2D eigenvalue weighted by molar-refractivity contribution is -0.384. The van der Waals surface area contributed by atoms with Gasteiger partial charge in [0, 0.05) is 17.8 Å². The standard InChI is InChI=1S/C15H12FN3O4/c16-12-6-4-11(5-7-12)10-23-17-9-15(20)18-13-2-1-3-14(8-13)19(21)22/h1-9H,10H2,(H,18,20)/b17-9-. The first kappa shape index (κ1) is 16.1. The van der Waals surface area contributed by atoms with Crippen molar-refractivity contribution in [1.29, 1.82) is 0 Å². The van der Waals surface area contributed by atoms with Crippen molar-refractivity contribution in [2.45, 2.75) is 6.61 Å². The number of amides is 1. The molecular formula is C15H12FN3O4. The number of nitrogens with zero attached hydrogens (tertiary/aromatic N) is 2.